The lowest BCUT2D eigenvalue weighted by atomic mass is 10.2. The van der Waals surface area contributed by atoms with Gasteiger partial charge in [-0.25, -0.2) is 0 Å². The fraction of sp³-hybridized carbons (Fsp3) is 0. The van der Waals surface area contributed by atoms with Crippen molar-refractivity contribution in [2.45, 2.75) is 0 Å². The summed E-state index contributed by atoms with van der Waals surface area (Å²) in [7, 11) is 0. The standard InChI is InChI=1S/2C16H14/c2*1-3-9-15(10-4-1)13-7-8-14-16-11-5-2-6-12-16/h2*1-14H/b13-7+,14-8+;. The van der Waals surface area contributed by atoms with Crippen molar-refractivity contribution in [1.82, 2.24) is 0 Å². The van der Waals surface area contributed by atoms with Gasteiger partial charge in [-0.3, -0.25) is 0 Å². The Morgan fingerprint density at radius 3 is 0.625 bits per heavy atom. The predicted molar refractivity (Wildman–Crippen MR) is 142 cm³/mol. The molecule has 0 bridgehead atoms. The monoisotopic (exact) mass is 412 g/mol. The molecule has 0 spiro atoms. The van der Waals surface area contributed by atoms with Gasteiger partial charge in [0, 0.05) is 0 Å². The van der Waals surface area contributed by atoms with Crippen molar-refractivity contribution in [3.8, 4) is 0 Å². The lowest BCUT2D eigenvalue weighted by Crippen LogP contribution is -1.68. The van der Waals surface area contributed by atoms with Crippen LogP contribution >= 0.6 is 0 Å². The predicted octanol–water partition coefficient (Wildman–Crippen LogP) is 8.83. The smallest absolute Gasteiger partial charge is 0.0257 e. The zero-order valence-corrected chi connectivity index (χ0v) is 18.2. The molecule has 0 aliphatic rings. The van der Waals surface area contributed by atoms with Crippen molar-refractivity contribution in [3.05, 3.63) is 168 Å². The molecule has 0 heterocycles. The summed E-state index contributed by atoms with van der Waals surface area (Å²) >= 11 is 0. The number of allylic oxidation sites excluding steroid dienone is 4. The molecule has 156 valence electrons. The summed E-state index contributed by atoms with van der Waals surface area (Å²) in [6.07, 6.45) is 16.6. The maximum atomic E-state index is 2.10. The van der Waals surface area contributed by atoms with Crippen molar-refractivity contribution in [2.75, 3.05) is 0 Å². The zero-order valence-electron chi connectivity index (χ0n) is 18.2. The fourth-order valence-corrected chi connectivity index (χ4v) is 2.92. The summed E-state index contributed by atoms with van der Waals surface area (Å²) in [5, 5.41) is 0. The van der Waals surface area contributed by atoms with E-state index in [0.29, 0.717) is 0 Å². The summed E-state index contributed by atoms with van der Waals surface area (Å²) in [6.45, 7) is 0. The first-order valence-electron chi connectivity index (χ1n) is 10.8. The van der Waals surface area contributed by atoms with Gasteiger partial charge in [-0.1, -0.05) is 170 Å². The maximum absolute atomic E-state index is 2.10. The number of benzene rings is 4. The van der Waals surface area contributed by atoms with Crippen LogP contribution in [-0.4, -0.2) is 0 Å². The highest BCUT2D eigenvalue weighted by atomic mass is 13.9. The average molecular weight is 413 g/mol. The van der Waals surface area contributed by atoms with Gasteiger partial charge in [-0.15, -0.1) is 0 Å². The Balaban J connectivity index is 0.000000181. The van der Waals surface area contributed by atoms with Crippen LogP contribution in [0.4, 0.5) is 0 Å². The molecule has 0 radical (unpaired) electrons. The van der Waals surface area contributed by atoms with E-state index in [4.69, 9.17) is 0 Å². The molecule has 0 saturated carbocycles. The van der Waals surface area contributed by atoms with Crippen LogP contribution in [0.3, 0.4) is 0 Å². The van der Waals surface area contributed by atoms with Crippen molar-refractivity contribution in [3.63, 3.8) is 0 Å². The second-order valence-corrected chi connectivity index (χ2v) is 7.08. The Labute approximate surface area is 192 Å². The molecule has 0 amide bonds. The van der Waals surface area contributed by atoms with Crippen LogP contribution < -0.4 is 0 Å². The van der Waals surface area contributed by atoms with Gasteiger partial charge in [-0.2, -0.15) is 0 Å². The van der Waals surface area contributed by atoms with Crippen molar-refractivity contribution < 1.29 is 0 Å². The SMILES string of the molecule is C(/C=C/c1ccccc1)=C\c1ccccc1.C(C=Cc1ccccc1)=Cc1ccccc1. The first-order chi connectivity index (χ1) is 15.9. The summed E-state index contributed by atoms with van der Waals surface area (Å²) < 4.78 is 0. The quantitative estimate of drug-likeness (QED) is 0.277. The molecule has 0 atom stereocenters. The van der Waals surface area contributed by atoms with Crippen molar-refractivity contribution in [2.24, 2.45) is 0 Å². The fourth-order valence-electron chi connectivity index (χ4n) is 2.92. The van der Waals surface area contributed by atoms with Gasteiger partial charge >= 0.3 is 0 Å². The first-order valence-corrected chi connectivity index (χ1v) is 10.8. The highest BCUT2D eigenvalue weighted by Crippen LogP contribution is 2.05. The molecule has 4 rings (SSSR count). The van der Waals surface area contributed by atoms with Crippen LogP contribution in [0, 0.1) is 0 Å². The Bertz CT molecular complexity index is 928. The van der Waals surface area contributed by atoms with Crippen molar-refractivity contribution >= 4 is 24.3 Å². The highest BCUT2D eigenvalue weighted by molar-refractivity contribution is 5.57. The number of rotatable bonds is 6. The number of hydrogen-bond acceptors (Lipinski definition) is 0. The minimum absolute atomic E-state index is 1.22. The maximum Gasteiger partial charge on any atom is -0.0257 e. The van der Waals surface area contributed by atoms with E-state index >= 15 is 0 Å². The van der Waals surface area contributed by atoms with E-state index in [9.17, 15) is 0 Å². The van der Waals surface area contributed by atoms with Crippen LogP contribution in [0.15, 0.2) is 146 Å². The molecule has 32 heavy (non-hydrogen) atoms. The van der Waals surface area contributed by atoms with Crippen LogP contribution in [0.5, 0.6) is 0 Å². The lowest BCUT2D eigenvalue weighted by Gasteiger charge is -1.90. The first kappa shape index (κ1) is 22.5. The molecule has 0 aromatic heterocycles. The van der Waals surface area contributed by atoms with E-state index in [-0.39, 0.29) is 0 Å². The molecule has 0 unspecified atom stereocenters. The molecule has 0 aliphatic carbocycles. The second-order valence-electron chi connectivity index (χ2n) is 7.08. The zero-order chi connectivity index (χ0) is 22.1. The average Bonchev–Trinajstić information content (AvgIpc) is 2.88. The van der Waals surface area contributed by atoms with Crippen LogP contribution in [0.1, 0.15) is 22.3 Å². The molecule has 4 aromatic rings. The van der Waals surface area contributed by atoms with Gasteiger partial charge in [0.25, 0.3) is 0 Å². The summed E-state index contributed by atoms with van der Waals surface area (Å²) in [4.78, 5) is 0. The van der Waals surface area contributed by atoms with Crippen LogP contribution in [0.2, 0.25) is 0 Å². The van der Waals surface area contributed by atoms with E-state index in [0.717, 1.165) is 0 Å². The molecule has 0 fully saturated rings. The number of hydrogen-bond donors (Lipinski definition) is 0. The topological polar surface area (TPSA) is 0 Å². The molecular weight excluding hydrogens is 384 g/mol. The Kier molecular flexibility index (Phi) is 9.82. The van der Waals surface area contributed by atoms with Gasteiger partial charge in [0.05, 0.1) is 0 Å². The van der Waals surface area contributed by atoms with Crippen LogP contribution in [0.25, 0.3) is 24.3 Å². The molecule has 0 heteroatoms. The van der Waals surface area contributed by atoms with E-state index in [1.165, 1.54) is 22.3 Å². The van der Waals surface area contributed by atoms with Crippen molar-refractivity contribution in [1.29, 1.82) is 0 Å². The molecule has 0 aliphatic heterocycles. The van der Waals surface area contributed by atoms with E-state index in [2.05, 4.69) is 97.1 Å². The van der Waals surface area contributed by atoms with Crippen LogP contribution in [-0.2, 0) is 0 Å². The third-order valence-corrected chi connectivity index (χ3v) is 4.58. The third kappa shape index (κ3) is 9.11. The minimum atomic E-state index is 1.22. The van der Waals surface area contributed by atoms with Gasteiger partial charge in [0.1, 0.15) is 0 Å². The van der Waals surface area contributed by atoms with Gasteiger partial charge in [0.2, 0.25) is 0 Å². The Morgan fingerprint density at radius 1 is 0.250 bits per heavy atom. The van der Waals surface area contributed by atoms with E-state index < -0.39 is 0 Å². The van der Waals surface area contributed by atoms with E-state index in [1.54, 1.807) is 0 Å². The molecule has 0 saturated heterocycles. The lowest BCUT2D eigenvalue weighted by molar-refractivity contribution is 1.65. The van der Waals surface area contributed by atoms with Gasteiger partial charge in [-0.05, 0) is 22.3 Å². The summed E-state index contributed by atoms with van der Waals surface area (Å²) in [5.74, 6) is 0. The van der Waals surface area contributed by atoms with Gasteiger partial charge < -0.3 is 0 Å². The molecule has 0 N–H and O–H groups in total. The second kappa shape index (κ2) is 14.0. The molecule has 4 aromatic carbocycles. The minimum Gasteiger partial charge on any atom is -0.0622 e. The highest BCUT2D eigenvalue weighted by Gasteiger charge is 1.83. The Morgan fingerprint density at radius 2 is 0.438 bits per heavy atom. The summed E-state index contributed by atoms with van der Waals surface area (Å²) in [6, 6.07) is 41.2. The molecule has 0 nitrogen and oxygen atoms in total. The molecular formula is C32H28. The largest absolute Gasteiger partial charge is 0.0622 e. The van der Waals surface area contributed by atoms with Gasteiger partial charge in [0.15, 0.2) is 0 Å². The Hall–Kier alpha value is -4.16. The summed E-state index contributed by atoms with van der Waals surface area (Å²) in [5.41, 5.74) is 4.89. The van der Waals surface area contributed by atoms with E-state index in [1.807, 2.05) is 72.8 Å². The third-order valence-electron chi connectivity index (χ3n) is 4.58. The normalized spacial score (nSPS) is 11.2.